The highest BCUT2D eigenvalue weighted by molar-refractivity contribution is 7.89. The molecule has 0 unspecified atom stereocenters. The fourth-order valence-corrected chi connectivity index (χ4v) is 5.17. The summed E-state index contributed by atoms with van der Waals surface area (Å²) < 4.78 is 27.4. The van der Waals surface area contributed by atoms with E-state index in [-0.39, 0.29) is 12.1 Å². The first-order valence-corrected chi connectivity index (χ1v) is 8.39. The van der Waals surface area contributed by atoms with E-state index in [1.54, 1.807) is 10.4 Å². The fourth-order valence-electron chi connectivity index (χ4n) is 3.07. The van der Waals surface area contributed by atoms with E-state index in [0.717, 1.165) is 30.4 Å². The third kappa shape index (κ3) is 2.70. The summed E-state index contributed by atoms with van der Waals surface area (Å²) in [6, 6.07) is 5.74. The van der Waals surface area contributed by atoms with Gasteiger partial charge in [0.25, 0.3) is 0 Å². The van der Waals surface area contributed by atoms with Gasteiger partial charge in [0.1, 0.15) is 0 Å². The van der Waals surface area contributed by atoms with Crippen LogP contribution in [0.5, 0.6) is 0 Å². The molecule has 1 saturated heterocycles. The van der Waals surface area contributed by atoms with Crippen molar-refractivity contribution < 1.29 is 8.42 Å². The summed E-state index contributed by atoms with van der Waals surface area (Å²) in [5, 5.41) is 0. The van der Waals surface area contributed by atoms with Gasteiger partial charge in [0.15, 0.2) is 0 Å². The van der Waals surface area contributed by atoms with E-state index in [9.17, 15) is 8.42 Å². The second-order valence-electron chi connectivity index (χ2n) is 5.73. The van der Waals surface area contributed by atoms with Crippen LogP contribution in [0.15, 0.2) is 23.1 Å². The van der Waals surface area contributed by atoms with Gasteiger partial charge in [-0.3, -0.25) is 0 Å². The van der Waals surface area contributed by atoms with Crippen molar-refractivity contribution in [3.63, 3.8) is 0 Å². The van der Waals surface area contributed by atoms with E-state index in [1.165, 1.54) is 0 Å². The lowest BCUT2D eigenvalue weighted by molar-refractivity contribution is 0.204. The number of nitrogens with zero attached hydrogens (tertiary/aromatic N) is 1. The highest BCUT2D eigenvalue weighted by Gasteiger charge is 2.36. The molecule has 0 amide bonds. The molecule has 0 aliphatic carbocycles. The van der Waals surface area contributed by atoms with E-state index in [0.29, 0.717) is 4.90 Å². The summed E-state index contributed by atoms with van der Waals surface area (Å²) in [5.41, 5.74) is 1.93. The molecule has 3 nitrogen and oxygen atoms in total. The van der Waals surface area contributed by atoms with Gasteiger partial charge in [0, 0.05) is 12.1 Å². The van der Waals surface area contributed by atoms with E-state index < -0.39 is 10.0 Å². The Balaban J connectivity index is 2.46. The maximum absolute atomic E-state index is 12.9. The molecule has 2 atom stereocenters. The number of hydrogen-bond donors (Lipinski definition) is 0. The standard InChI is InChI=1S/C15H23NO2S/c1-11-8-9-15(12(2)10-11)19(17,18)16-13(3)6-5-7-14(16)4/h8-10,13-14H,5-7H2,1-4H3/t13-,14+. The molecular formula is C15H23NO2S. The lowest BCUT2D eigenvalue weighted by atomic mass is 10.0. The monoisotopic (exact) mass is 281 g/mol. The molecule has 0 bridgehead atoms. The third-order valence-corrected chi connectivity index (χ3v) is 6.29. The molecule has 0 radical (unpaired) electrons. The molecule has 0 aromatic heterocycles. The Morgan fingerprint density at radius 1 is 1.11 bits per heavy atom. The van der Waals surface area contributed by atoms with Crippen molar-refractivity contribution >= 4 is 10.0 Å². The number of hydrogen-bond acceptors (Lipinski definition) is 2. The molecule has 0 saturated carbocycles. The molecule has 19 heavy (non-hydrogen) atoms. The normalized spacial score (nSPS) is 25.5. The zero-order valence-corrected chi connectivity index (χ0v) is 13.0. The zero-order valence-electron chi connectivity index (χ0n) is 12.2. The largest absolute Gasteiger partial charge is 0.243 e. The summed E-state index contributed by atoms with van der Waals surface area (Å²) >= 11 is 0. The predicted octanol–water partition coefficient (Wildman–Crippen LogP) is 3.26. The minimum Gasteiger partial charge on any atom is -0.207 e. The summed E-state index contributed by atoms with van der Waals surface area (Å²) in [7, 11) is -3.37. The van der Waals surface area contributed by atoms with Gasteiger partial charge in [-0.2, -0.15) is 4.31 Å². The first-order valence-electron chi connectivity index (χ1n) is 6.95. The van der Waals surface area contributed by atoms with Crippen LogP contribution in [0.3, 0.4) is 0 Å². The number of piperidine rings is 1. The van der Waals surface area contributed by atoms with E-state index in [1.807, 2.05) is 39.8 Å². The molecule has 1 aromatic carbocycles. The number of aryl methyl sites for hydroxylation is 2. The third-order valence-electron chi connectivity index (χ3n) is 4.00. The van der Waals surface area contributed by atoms with Gasteiger partial charge < -0.3 is 0 Å². The van der Waals surface area contributed by atoms with Crippen molar-refractivity contribution in [3.8, 4) is 0 Å². The summed E-state index contributed by atoms with van der Waals surface area (Å²) in [5.74, 6) is 0. The van der Waals surface area contributed by atoms with Gasteiger partial charge in [-0.1, -0.05) is 24.1 Å². The maximum Gasteiger partial charge on any atom is 0.243 e. The SMILES string of the molecule is Cc1ccc(S(=O)(=O)N2[C@H](C)CCC[C@@H]2C)c(C)c1. The van der Waals surface area contributed by atoms with Crippen LogP contribution in [0.4, 0.5) is 0 Å². The predicted molar refractivity (Wildman–Crippen MR) is 77.7 cm³/mol. The summed E-state index contributed by atoms with van der Waals surface area (Å²) in [6.07, 6.45) is 3.02. The fraction of sp³-hybridized carbons (Fsp3) is 0.600. The maximum atomic E-state index is 12.9. The van der Waals surface area contributed by atoms with Crippen LogP contribution in [0.25, 0.3) is 0 Å². The summed E-state index contributed by atoms with van der Waals surface area (Å²) in [4.78, 5) is 0.457. The first-order chi connectivity index (χ1) is 8.84. The topological polar surface area (TPSA) is 37.4 Å². The average molecular weight is 281 g/mol. The lowest BCUT2D eigenvalue weighted by Gasteiger charge is -2.38. The Kier molecular flexibility index (Phi) is 4.02. The average Bonchev–Trinajstić information content (AvgIpc) is 2.27. The molecule has 1 fully saturated rings. The van der Waals surface area contributed by atoms with Crippen LogP contribution < -0.4 is 0 Å². The molecule has 1 aliphatic rings. The molecular weight excluding hydrogens is 258 g/mol. The molecule has 1 heterocycles. The Bertz CT molecular complexity index is 556. The molecule has 2 rings (SSSR count). The van der Waals surface area contributed by atoms with Crippen LogP contribution in [0.2, 0.25) is 0 Å². The van der Waals surface area contributed by atoms with Crippen LogP contribution >= 0.6 is 0 Å². The molecule has 1 aliphatic heterocycles. The number of benzene rings is 1. The van der Waals surface area contributed by atoms with E-state index in [4.69, 9.17) is 0 Å². The molecule has 0 N–H and O–H groups in total. The molecule has 4 heteroatoms. The quantitative estimate of drug-likeness (QED) is 0.834. The molecule has 0 spiro atoms. The van der Waals surface area contributed by atoms with Crippen LogP contribution in [0, 0.1) is 13.8 Å². The van der Waals surface area contributed by atoms with Crippen molar-refractivity contribution in [1.82, 2.24) is 4.31 Å². The van der Waals surface area contributed by atoms with E-state index >= 15 is 0 Å². The first kappa shape index (κ1) is 14.5. The van der Waals surface area contributed by atoms with Gasteiger partial charge in [0.05, 0.1) is 4.90 Å². The van der Waals surface area contributed by atoms with Crippen molar-refractivity contribution in [2.24, 2.45) is 0 Å². The van der Waals surface area contributed by atoms with Gasteiger partial charge in [-0.25, -0.2) is 8.42 Å². The smallest absolute Gasteiger partial charge is 0.207 e. The van der Waals surface area contributed by atoms with Crippen LogP contribution in [-0.2, 0) is 10.0 Å². The van der Waals surface area contributed by atoms with Gasteiger partial charge in [0.2, 0.25) is 10.0 Å². The number of rotatable bonds is 2. The second-order valence-corrected chi connectivity index (χ2v) is 7.54. The van der Waals surface area contributed by atoms with Gasteiger partial charge in [-0.05, 0) is 52.2 Å². The highest BCUT2D eigenvalue weighted by Crippen LogP contribution is 2.30. The Morgan fingerprint density at radius 2 is 1.68 bits per heavy atom. The van der Waals surface area contributed by atoms with Crippen molar-refractivity contribution in [2.75, 3.05) is 0 Å². The second kappa shape index (κ2) is 5.25. The van der Waals surface area contributed by atoms with Crippen molar-refractivity contribution in [3.05, 3.63) is 29.3 Å². The minimum atomic E-state index is -3.37. The van der Waals surface area contributed by atoms with Crippen LogP contribution in [-0.4, -0.2) is 24.8 Å². The molecule has 106 valence electrons. The van der Waals surface area contributed by atoms with Gasteiger partial charge in [-0.15, -0.1) is 0 Å². The zero-order chi connectivity index (χ0) is 14.2. The van der Waals surface area contributed by atoms with Gasteiger partial charge >= 0.3 is 0 Å². The minimum absolute atomic E-state index is 0.0921. The Morgan fingerprint density at radius 3 is 2.21 bits per heavy atom. The summed E-state index contributed by atoms with van der Waals surface area (Å²) in [6.45, 7) is 7.88. The van der Waals surface area contributed by atoms with Crippen LogP contribution in [0.1, 0.15) is 44.2 Å². The van der Waals surface area contributed by atoms with Crippen molar-refractivity contribution in [2.45, 2.75) is 63.9 Å². The lowest BCUT2D eigenvalue weighted by Crippen LogP contribution is -2.47. The Labute approximate surface area is 116 Å². The highest BCUT2D eigenvalue weighted by atomic mass is 32.2. The Hall–Kier alpha value is -0.870. The van der Waals surface area contributed by atoms with E-state index in [2.05, 4.69) is 0 Å². The number of sulfonamides is 1. The molecule has 1 aromatic rings. The van der Waals surface area contributed by atoms with Crippen molar-refractivity contribution in [1.29, 1.82) is 0 Å².